The number of benzene rings is 2. The summed E-state index contributed by atoms with van der Waals surface area (Å²) < 4.78 is 32.7. The Bertz CT molecular complexity index is 1900. The molecule has 47 heavy (non-hydrogen) atoms. The van der Waals surface area contributed by atoms with Gasteiger partial charge >= 0.3 is 0 Å². The van der Waals surface area contributed by atoms with Crippen molar-refractivity contribution in [3.8, 4) is 5.75 Å². The molecule has 1 aliphatic carbocycles. The highest BCUT2D eigenvalue weighted by molar-refractivity contribution is 7.92. The third-order valence-corrected chi connectivity index (χ3v) is 10.4. The summed E-state index contributed by atoms with van der Waals surface area (Å²) in [5, 5.41) is 6.63. The van der Waals surface area contributed by atoms with E-state index in [1.807, 2.05) is 12.1 Å². The van der Waals surface area contributed by atoms with Crippen LogP contribution in [0.1, 0.15) is 25.7 Å². The number of piperidine rings is 1. The third-order valence-electron chi connectivity index (χ3n) is 9.56. The molecule has 7 rings (SSSR count). The second kappa shape index (κ2) is 12.6. The van der Waals surface area contributed by atoms with Crippen LogP contribution in [0.15, 0.2) is 48.9 Å². The number of aromatic nitrogens is 4. The molecule has 3 N–H and O–H groups in total. The highest BCUT2D eigenvalue weighted by atomic mass is 35.5. The van der Waals surface area contributed by atoms with Gasteiger partial charge in [-0.25, -0.2) is 13.4 Å². The normalized spacial score (nSPS) is 18.8. The molecule has 13 nitrogen and oxygen atoms in total. The molecule has 3 aliphatic rings. The van der Waals surface area contributed by atoms with E-state index in [0.717, 1.165) is 44.4 Å². The zero-order valence-corrected chi connectivity index (χ0v) is 28.3. The Morgan fingerprint density at radius 1 is 0.979 bits per heavy atom. The smallest absolute Gasteiger partial charge is 0.229 e. The summed E-state index contributed by atoms with van der Waals surface area (Å²) in [6.45, 7) is 5.55. The summed E-state index contributed by atoms with van der Waals surface area (Å²) >= 11 is 6.48. The lowest BCUT2D eigenvalue weighted by Gasteiger charge is -2.46. The number of hydrogen-bond acceptors (Lipinski definition) is 12. The molecule has 2 aliphatic heterocycles. The molecule has 15 heteroatoms. The van der Waals surface area contributed by atoms with Crippen molar-refractivity contribution in [3.05, 3.63) is 53.9 Å². The number of piperazine rings is 1. The molecule has 4 aromatic rings. The van der Waals surface area contributed by atoms with Gasteiger partial charge in [0.25, 0.3) is 0 Å². The van der Waals surface area contributed by atoms with Gasteiger partial charge in [-0.3, -0.25) is 24.5 Å². The van der Waals surface area contributed by atoms with Crippen LogP contribution in [0, 0.1) is 0 Å². The van der Waals surface area contributed by atoms with E-state index in [1.54, 1.807) is 25.4 Å². The maximum atomic E-state index is 12.2. The summed E-state index contributed by atoms with van der Waals surface area (Å²) in [4.78, 5) is 25.3. The second-order valence-corrected chi connectivity index (χ2v) is 14.8. The molecule has 2 saturated heterocycles. The SMILES string of the molecule is COc1cc(N2CCC(N3CCN(C)C4(CC4)C3)CC2)ccc1Nc1ncc(Cl)c(Nc2ccc3nccnc3c2NS(C)(=O)=O)n1. The van der Waals surface area contributed by atoms with Crippen LogP contribution in [-0.4, -0.2) is 103 Å². The predicted molar refractivity (Wildman–Crippen MR) is 186 cm³/mol. The van der Waals surface area contributed by atoms with E-state index >= 15 is 0 Å². The molecule has 0 unspecified atom stereocenters. The molecule has 0 bridgehead atoms. The first-order chi connectivity index (χ1) is 22.6. The third kappa shape index (κ3) is 6.73. The van der Waals surface area contributed by atoms with Crippen LogP contribution >= 0.6 is 11.6 Å². The predicted octanol–water partition coefficient (Wildman–Crippen LogP) is 4.69. The van der Waals surface area contributed by atoms with E-state index in [-0.39, 0.29) is 22.5 Å². The number of rotatable bonds is 9. The minimum absolute atomic E-state index is 0.235. The second-order valence-electron chi connectivity index (χ2n) is 12.6. The molecule has 2 aromatic heterocycles. The molecule has 0 radical (unpaired) electrons. The molecule has 0 atom stereocenters. The molecular weight excluding hydrogens is 640 g/mol. The van der Waals surface area contributed by atoms with Gasteiger partial charge in [-0.05, 0) is 57.0 Å². The first-order valence-corrected chi connectivity index (χ1v) is 18.0. The van der Waals surface area contributed by atoms with Crippen LogP contribution in [0.4, 0.5) is 34.5 Å². The van der Waals surface area contributed by atoms with Crippen LogP contribution in [0.3, 0.4) is 0 Å². The summed E-state index contributed by atoms with van der Waals surface area (Å²) in [5.41, 5.74) is 3.81. The van der Waals surface area contributed by atoms with Crippen molar-refractivity contribution in [2.24, 2.45) is 0 Å². The van der Waals surface area contributed by atoms with Gasteiger partial charge in [0.2, 0.25) is 16.0 Å². The number of hydrogen-bond donors (Lipinski definition) is 3. The van der Waals surface area contributed by atoms with E-state index in [0.29, 0.717) is 39.7 Å². The molecule has 0 amide bonds. The first kappa shape index (κ1) is 31.6. The van der Waals surface area contributed by atoms with Gasteiger partial charge in [-0.1, -0.05) is 11.6 Å². The monoisotopic (exact) mass is 678 g/mol. The fraction of sp³-hybridized carbons (Fsp3) is 0.438. The molecule has 2 aromatic carbocycles. The Balaban J connectivity index is 1.05. The van der Waals surface area contributed by atoms with Gasteiger partial charge < -0.3 is 20.3 Å². The lowest BCUT2D eigenvalue weighted by atomic mass is 9.99. The molecule has 1 saturated carbocycles. The lowest BCUT2D eigenvalue weighted by molar-refractivity contribution is 0.0434. The lowest BCUT2D eigenvalue weighted by Crippen LogP contribution is -2.57. The minimum atomic E-state index is -3.63. The van der Waals surface area contributed by atoms with E-state index < -0.39 is 10.0 Å². The van der Waals surface area contributed by atoms with Crippen LogP contribution in [0.25, 0.3) is 11.0 Å². The molecular formula is C32H39ClN10O3S. The van der Waals surface area contributed by atoms with Crippen molar-refractivity contribution in [3.63, 3.8) is 0 Å². The fourth-order valence-electron chi connectivity index (χ4n) is 6.75. The largest absolute Gasteiger partial charge is 0.494 e. The van der Waals surface area contributed by atoms with Crippen LogP contribution < -0.4 is 25.0 Å². The van der Waals surface area contributed by atoms with Gasteiger partial charge in [0.1, 0.15) is 16.3 Å². The van der Waals surface area contributed by atoms with Gasteiger partial charge in [-0.2, -0.15) is 4.98 Å². The highest BCUT2D eigenvalue weighted by Gasteiger charge is 2.50. The van der Waals surface area contributed by atoms with Gasteiger partial charge in [0.15, 0.2) is 5.82 Å². The van der Waals surface area contributed by atoms with Crippen molar-refractivity contribution < 1.29 is 13.2 Å². The summed E-state index contributed by atoms with van der Waals surface area (Å²) in [5.74, 6) is 1.22. The zero-order valence-electron chi connectivity index (χ0n) is 26.7. The maximum absolute atomic E-state index is 12.2. The van der Waals surface area contributed by atoms with E-state index in [9.17, 15) is 8.42 Å². The van der Waals surface area contributed by atoms with Crippen molar-refractivity contribution in [1.82, 2.24) is 29.7 Å². The Kier molecular flexibility index (Phi) is 8.45. The number of fused-ring (bicyclic) bond motifs is 1. The zero-order chi connectivity index (χ0) is 32.8. The van der Waals surface area contributed by atoms with Gasteiger partial charge in [-0.15, -0.1) is 0 Å². The van der Waals surface area contributed by atoms with E-state index in [2.05, 4.69) is 63.1 Å². The highest BCUT2D eigenvalue weighted by Crippen LogP contribution is 2.44. The number of ether oxygens (including phenoxy) is 1. The first-order valence-electron chi connectivity index (χ1n) is 15.8. The number of methoxy groups -OCH3 is 1. The fourth-order valence-corrected chi connectivity index (χ4v) is 7.47. The number of nitrogens with one attached hydrogen (secondary N) is 3. The summed E-state index contributed by atoms with van der Waals surface area (Å²) in [7, 11) is 0.299. The maximum Gasteiger partial charge on any atom is 0.229 e. The standard InChI is InChI=1S/C32H39ClN10O3S/c1-41-16-17-43(20-32(41)10-11-32)21-8-14-42(15-9-21)22-4-5-24(27(18-22)46-2)38-31-36-19-23(33)30(39-31)37-26-7-6-25-28(35-13-12-34-25)29(26)40-47(3,44)45/h4-7,12-13,18-19,21,40H,8-11,14-17,20H2,1-3H3,(H2,36,37,38,39). The van der Waals surface area contributed by atoms with Crippen LogP contribution in [0.5, 0.6) is 5.75 Å². The molecule has 1 spiro atoms. The minimum Gasteiger partial charge on any atom is -0.494 e. The van der Waals surface area contributed by atoms with E-state index in [1.165, 1.54) is 38.3 Å². The number of likely N-dealkylation sites (N-methyl/N-ethyl adjacent to an activating group) is 1. The van der Waals surface area contributed by atoms with Crippen molar-refractivity contribution in [2.45, 2.75) is 37.3 Å². The summed E-state index contributed by atoms with van der Waals surface area (Å²) in [6.07, 6.45) is 10.6. The van der Waals surface area contributed by atoms with Crippen molar-refractivity contribution in [2.75, 3.05) is 73.4 Å². The Morgan fingerprint density at radius 2 is 1.74 bits per heavy atom. The summed E-state index contributed by atoms with van der Waals surface area (Å²) in [6, 6.07) is 10.2. The van der Waals surface area contributed by atoms with Crippen molar-refractivity contribution >= 4 is 67.2 Å². The number of nitrogens with zero attached hydrogens (tertiary/aromatic N) is 7. The van der Waals surface area contributed by atoms with Crippen molar-refractivity contribution in [1.29, 1.82) is 0 Å². The number of anilines is 6. The van der Waals surface area contributed by atoms with Crippen LogP contribution in [-0.2, 0) is 10.0 Å². The molecule has 3 fully saturated rings. The topological polar surface area (TPSA) is 141 Å². The van der Waals surface area contributed by atoms with Gasteiger partial charge in [0.05, 0.1) is 42.1 Å². The molecule has 248 valence electrons. The average molecular weight is 679 g/mol. The Morgan fingerprint density at radius 3 is 2.49 bits per heavy atom. The van der Waals surface area contributed by atoms with Gasteiger partial charge in [0, 0.05) is 68.5 Å². The quantitative estimate of drug-likeness (QED) is 0.226. The average Bonchev–Trinajstić information content (AvgIpc) is 3.84. The molecule has 4 heterocycles. The number of sulfonamides is 1. The Labute approximate surface area is 279 Å². The Hall–Kier alpha value is -3.98. The van der Waals surface area contributed by atoms with Crippen LogP contribution in [0.2, 0.25) is 5.02 Å². The van der Waals surface area contributed by atoms with E-state index in [4.69, 9.17) is 16.3 Å². The number of halogens is 1.